The highest BCUT2D eigenvalue weighted by Gasteiger charge is 2.46. The molecule has 1 N–H and O–H groups in total. The summed E-state index contributed by atoms with van der Waals surface area (Å²) in [4.78, 5) is 30.4. The van der Waals surface area contributed by atoms with Gasteiger partial charge in [-0.15, -0.1) is 0 Å². The Bertz CT molecular complexity index is 1140. The Morgan fingerprint density at radius 2 is 1.73 bits per heavy atom. The van der Waals surface area contributed by atoms with Crippen molar-refractivity contribution in [3.8, 4) is 17.2 Å². The first-order valence-electron chi connectivity index (χ1n) is 12.5. The summed E-state index contributed by atoms with van der Waals surface area (Å²) in [5, 5.41) is 11.3. The van der Waals surface area contributed by atoms with Crippen LogP contribution in [0.15, 0.2) is 48.0 Å². The van der Waals surface area contributed by atoms with E-state index >= 15 is 0 Å². The Labute approximate surface area is 217 Å². The van der Waals surface area contributed by atoms with E-state index in [0.717, 1.165) is 19.6 Å². The molecule has 2 aromatic carbocycles. The molecule has 2 fully saturated rings. The number of amides is 1. The SMILES string of the molecule is CCOc1ccc([C@H]2/C(=C(\O)c3ccc(OC)cc3)C(=O)C(=O)N2CCCN2CCOCC2)cc1OC. The molecule has 0 saturated carbocycles. The first kappa shape index (κ1) is 26.5. The predicted molar refractivity (Wildman–Crippen MR) is 138 cm³/mol. The van der Waals surface area contributed by atoms with Crippen molar-refractivity contribution in [3.05, 3.63) is 59.2 Å². The number of Topliss-reactive ketones (excluding diaryl/α,β-unsaturated/α-hetero) is 1. The Balaban J connectivity index is 1.71. The van der Waals surface area contributed by atoms with E-state index in [1.54, 1.807) is 54.5 Å². The van der Waals surface area contributed by atoms with Gasteiger partial charge in [-0.25, -0.2) is 0 Å². The Morgan fingerprint density at radius 3 is 2.38 bits per heavy atom. The van der Waals surface area contributed by atoms with E-state index in [-0.39, 0.29) is 11.3 Å². The summed E-state index contributed by atoms with van der Waals surface area (Å²) in [5.74, 6) is 0.103. The molecule has 0 aliphatic carbocycles. The van der Waals surface area contributed by atoms with Crippen LogP contribution >= 0.6 is 0 Å². The molecule has 198 valence electrons. The number of morpholine rings is 1. The van der Waals surface area contributed by atoms with Crippen molar-refractivity contribution in [2.24, 2.45) is 0 Å². The van der Waals surface area contributed by atoms with Crippen molar-refractivity contribution in [2.75, 3.05) is 60.2 Å². The fraction of sp³-hybridized carbons (Fsp3) is 0.429. The monoisotopic (exact) mass is 510 g/mol. The molecule has 2 aromatic rings. The van der Waals surface area contributed by atoms with Crippen LogP contribution in [0.3, 0.4) is 0 Å². The van der Waals surface area contributed by atoms with Crippen LogP contribution < -0.4 is 14.2 Å². The number of likely N-dealkylation sites (tertiary alicyclic amines) is 1. The van der Waals surface area contributed by atoms with Gasteiger partial charge in [0.1, 0.15) is 11.5 Å². The van der Waals surface area contributed by atoms with Crippen LogP contribution in [0, 0.1) is 0 Å². The lowest BCUT2D eigenvalue weighted by Gasteiger charge is -2.29. The van der Waals surface area contributed by atoms with Crippen molar-refractivity contribution in [2.45, 2.75) is 19.4 Å². The molecule has 0 unspecified atom stereocenters. The van der Waals surface area contributed by atoms with E-state index in [9.17, 15) is 14.7 Å². The molecule has 9 nitrogen and oxygen atoms in total. The first-order chi connectivity index (χ1) is 18.0. The average molecular weight is 511 g/mol. The summed E-state index contributed by atoms with van der Waals surface area (Å²) < 4.78 is 21.8. The molecular weight excluding hydrogens is 476 g/mol. The van der Waals surface area contributed by atoms with Crippen LogP contribution in [0.1, 0.15) is 30.5 Å². The quantitative estimate of drug-likeness (QED) is 0.296. The number of carbonyl (C=O) groups is 2. The highest BCUT2D eigenvalue weighted by molar-refractivity contribution is 6.46. The molecule has 2 saturated heterocycles. The molecule has 9 heteroatoms. The van der Waals surface area contributed by atoms with Crippen LogP contribution in [0.25, 0.3) is 5.76 Å². The summed E-state index contributed by atoms with van der Waals surface area (Å²) in [6, 6.07) is 11.3. The fourth-order valence-corrected chi connectivity index (χ4v) is 4.78. The van der Waals surface area contributed by atoms with Gasteiger partial charge in [0.05, 0.1) is 45.7 Å². The second kappa shape index (κ2) is 12.1. The fourth-order valence-electron chi connectivity index (χ4n) is 4.78. The van der Waals surface area contributed by atoms with Crippen LogP contribution in [0.4, 0.5) is 0 Å². The number of nitrogens with zero attached hydrogens (tertiary/aromatic N) is 2. The molecule has 0 bridgehead atoms. The number of benzene rings is 2. The zero-order valence-corrected chi connectivity index (χ0v) is 21.6. The van der Waals surface area contributed by atoms with Crippen molar-refractivity contribution < 1.29 is 33.6 Å². The lowest BCUT2D eigenvalue weighted by atomic mass is 9.95. The summed E-state index contributed by atoms with van der Waals surface area (Å²) in [6.07, 6.45) is 0.681. The number of hydrogen-bond donors (Lipinski definition) is 1. The molecule has 0 aromatic heterocycles. The second-order valence-electron chi connectivity index (χ2n) is 8.87. The first-order valence-corrected chi connectivity index (χ1v) is 12.5. The molecule has 0 spiro atoms. The largest absolute Gasteiger partial charge is 0.507 e. The number of aliphatic hydroxyl groups is 1. The van der Waals surface area contributed by atoms with E-state index in [1.807, 2.05) is 6.92 Å². The lowest BCUT2D eigenvalue weighted by Crippen LogP contribution is -2.39. The summed E-state index contributed by atoms with van der Waals surface area (Å²) in [5.41, 5.74) is 1.13. The number of rotatable bonds is 10. The summed E-state index contributed by atoms with van der Waals surface area (Å²) in [6.45, 7) is 6.56. The van der Waals surface area contributed by atoms with Gasteiger partial charge < -0.3 is 29.0 Å². The average Bonchev–Trinajstić information content (AvgIpc) is 3.18. The van der Waals surface area contributed by atoms with Crippen LogP contribution in [-0.2, 0) is 14.3 Å². The Hall–Kier alpha value is -3.56. The van der Waals surface area contributed by atoms with Crippen LogP contribution in [0.5, 0.6) is 17.2 Å². The normalized spacial score (nSPS) is 19.8. The smallest absolute Gasteiger partial charge is 0.295 e. The van der Waals surface area contributed by atoms with Crippen LogP contribution in [-0.4, -0.2) is 86.8 Å². The summed E-state index contributed by atoms with van der Waals surface area (Å²) in [7, 11) is 3.09. The van der Waals surface area contributed by atoms with Gasteiger partial charge in [-0.05, 0) is 55.3 Å². The highest BCUT2D eigenvalue weighted by atomic mass is 16.5. The van der Waals surface area contributed by atoms with E-state index in [0.29, 0.717) is 61.2 Å². The number of hydrogen-bond acceptors (Lipinski definition) is 8. The minimum atomic E-state index is -0.767. The number of aliphatic hydroxyl groups excluding tert-OH is 1. The number of ether oxygens (including phenoxy) is 4. The molecular formula is C28H34N2O7. The molecule has 1 atom stereocenters. The maximum Gasteiger partial charge on any atom is 0.295 e. The topological polar surface area (TPSA) is 97.8 Å². The van der Waals surface area contributed by atoms with Crippen LogP contribution in [0.2, 0.25) is 0 Å². The van der Waals surface area contributed by atoms with Crippen molar-refractivity contribution in [3.63, 3.8) is 0 Å². The molecule has 2 aliphatic rings. The van der Waals surface area contributed by atoms with Gasteiger partial charge in [-0.1, -0.05) is 6.07 Å². The minimum Gasteiger partial charge on any atom is -0.507 e. The standard InChI is InChI=1S/C28H34N2O7/c1-4-37-22-11-8-20(18-23(22)35-3)25-24(26(31)19-6-9-21(34-2)10-7-19)27(32)28(33)30(25)13-5-12-29-14-16-36-17-15-29/h6-11,18,25,31H,4-5,12-17H2,1-3H3/b26-24+/t25-/m0/s1. The van der Waals surface area contributed by atoms with E-state index in [4.69, 9.17) is 18.9 Å². The zero-order chi connectivity index (χ0) is 26.4. The Morgan fingerprint density at radius 1 is 1.00 bits per heavy atom. The third-order valence-corrected chi connectivity index (χ3v) is 6.68. The molecule has 0 radical (unpaired) electrons. The molecule has 37 heavy (non-hydrogen) atoms. The van der Waals surface area contributed by atoms with E-state index in [2.05, 4.69) is 4.90 Å². The molecule has 1 amide bonds. The van der Waals surface area contributed by atoms with E-state index < -0.39 is 17.7 Å². The third-order valence-electron chi connectivity index (χ3n) is 6.68. The van der Waals surface area contributed by atoms with Crippen molar-refractivity contribution in [1.82, 2.24) is 9.80 Å². The van der Waals surface area contributed by atoms with Gasteiger partial charge >= 0.3 is 0 Å². The Kier molecular flexibility index (Phi) is 8.68. The maximum atomic E-state index is 13.3. The van der Waals surface area contributed by atoms with Gasteiger partial charge in [0.2, 0.25) is 0 Å². The van der Waals surface area contributed by atoms with Gasteiger partial charge in [0.25, 0.3) is 11.7 Å². The molecule has 2 heterocycles. The van der Waals surface area contributed by atoms with Crippen molar-refractivity contribution >= 4 is 17.4 Å². The zero-order valence-electron chi connectivity index (χ0n) is 21.6. The maximum absolute atomic E-state index is 13.3. The number of ketones is 1. The second-order valence-corrected chi connectivity index (χ2v) is 8.87. The number of carbonyl (C=O) groups excluding carboxylic acids is 2. The van der Waals surface area contributed by atoms with Gasteiger partial charge in [-0.2, -0.15) is 0 Å². The minimum absolute atomic E-state index is 0.0488. The lowest BCUT2D eigenvalue weighted by molar-refractivity contribution is -0.140. The third kappa shape index (κ3) is 5.73. The highest BCUT2D eigenvalue weighted by Crippen LogP contribution is 2.42. The number of methoxy groups -OCH3 is 2. The van der Waals surface area contributed by atoms with Gasteiger partial charge in [0, 0.05) is 31.7 Å². The van der Waals surface area contributed by atoms with Gasteiger partial charge in [-0.3, -0.25) is 14.5 Å². The van der Waals surface area contributed by atoms with E-state index in [1.165, 1.54) is 7.11 Å². The molecule has 2 aliphatic heterocycles. The van der Waals surface area contributed by atoms with Gasteiger partial charge in [0.15, 0.2) is 11.5 Å². The van der Waals surface area contributed by atoms with Crippen molar-refractivity contribution in [1.29, 1.82) is 0 Å². The summed E-state index contributed by atoms with van der Waals surface area (Å²) >= 11 is 0. The molecule has 4 rings (SSSR count). The predicted octanol–water partition coefficient (Wildman–Crippen LogP) is 3.25.